The zero-order valence-corrected chi connectivity index (χ0v) is 14.8. The van der Waals surface area contributed by atoms with Gasteiger partial charge in [0.15, 0.2) is 0 Å². The van der Waals surface area contributed by atoms with E-state index in [-0.39, 0.29) is 11.9 Å². The molecule has 2 fully saturated rings. The predicted molar refractivity (Wildman–Crippen MR) is 102 cm³/mol. The number of benzene rings is 2. The van der Waals surface area contributed by atoms with Gasteiger partial charge < -0.3 is 15.3 Å². The Hall–Kier alpha value is -2.53. The minimum atomic E-state index is -0.247. The third kappa shape index (κ3) is 3.68. The van der Waals surface area contributed by atoms with Crippen LogP contribution in [0.2, 0.25) is 0 Å². The molecule has 1 amide bonds. The summed E-state index contributed by atoms with van der Waals surface area (Å²) in [7, 11) is 0. The van der Waals surface area contributed by atoms with Gasteiger partial charge >= 0.3 is 0 Å². The largest absolute Gasteiger partial charge is 0.506 e. The minimum Gasteiger partial charge on any atom is -0.506 e. The second kappa shape index (κ2) is 7.38. The molecule has 0 radical (unpaired) electrons. The van der Waals surface area contributed by atoms with Gasteiger partial charge in [-0.05, 0) is 30.5 Å². The maximum Gasteiger partial charge on any atom is 0.242 e. The number of aromatic hydroxyl groups is 1. The molecule has 2 aromatic carbocycles. The number of anilines is 1. The fraction of sp³-hybridized carbons (Fsp3) is 0.381. The van der Waals surface area contributed by atoms with Crippen molar-refractivity contribution in [1.82, 2.24) is 10.2 Å². The van der Waals surface area contributed by atoms with Crippen molar-refractivity contribution in [3.63, 3.8) is 0 Å². The van der Waals surface area contributed by atoms with E-state index in [1.165, 1.54) is 0 Å². The van der Waals surface area contributed by atoms with Crippen molar-refractivity contribution in [1.29, 1.82) is 0 Å². The van der Waals surface area contributed by atoms with Crippen molar-refractivity contribution in [2.75, 3.05) is 31.1 Å². The first-order valence-electron chi connectivity index (χ1n) is 9.35. The van der Waals surface area contributed by atoms with Crippen LogP contribution in [0.3, 0.4) is 0 Å². The van der Waals surface area contributed by atoms with Gasteiger partial charge in [0, 0.05) is 32.2 Å². The predicted octanol–water partition coefficient (Wildman–Crippen LogP) is 2.53. The Morgan fingerprint density at radius 3 is 2.27 bits per heavy atom. The van der Waals surface area contributed by atoms with Crippen LogP contribution in [-0.2, 0) is 4.79 Å². The van der Waals surface area contributed by atoms with E-state index in [0.29, 0.717) is 11.8 Å². The van der Waals surface area contributed by atoms with Crippen LogP contribution in [0, 0.1) is 0 Å². The molecule has 1 atom stereocenters. The van der Waals surface area contributed by atoms with E-state index in [2.05, 4.69) is 15.1 Å². The van der Waals surface area contributed by atoms with Crippen LogP contribution in [0.4, 0.5) is 5.69 Å². The van der Waals surface area contributed by atoms with Crippen molar-refractivity contribution in [3.05, 3.63) is 60.2 Å². The third-order valence-electron chi connectivity index (χ3n) is 5.19. The lowest BCUT2D eigenvalue weighted by molar-refractivity contribution is -0.127. The Kier molecular flexibility index (Phi) is 4.80. The lowest BCUT2D eigenvalue weighted by Crippen LogP contribution is -2.51. The summed E-state index contributed by atoms with van der Waals surface area (Å²) >= 11 is 0. The van der Waals surface area contributed by atoms with E-state index in [4.69, 9.17) is 0 Å². The zero-order chi connectivity index (χ0) is 17.9. The average molecular weight is 351 g/mol. The van der Waals surface area contributed by atoms with Crippen LogP contribution in [0.1, 0.15) is 24.4 Å². The minimum absolute atomic E-state index is 0.106. The molecular weight excluding hydrogens is 326 g/mol. The van der Waals surface area contributed by atoms with E-state index in [9.17, 15) is 9.90 Å². The number of carbonyl (C=O) groups is 1. The van der Waals surface area contributed by atoms with Gasteiger partial charge in [0.05, 0.1) is 5.69 Å². The highest BCUT2D eigenvalue weighted by molar-refractivity contribution is 5.83. The van der Waals surface area contributed by atoms with Gasteiger partial charge in [-0.25, -0.2) is 0 Å². The molecule has 1 heterocycles. The Morgan fingerprint density at radius 2 is 1.62 bits per heavy atom. The first-order chi connectivity index (χ1) is 12.7. The summed E-state index contributed by atoms with van der Waals surface area (Å²) in [6, 6.07) is 17.6. The van der Waals surface area contributed by atoms with Gasteiger partial charge in [-0.2, -0.15) is 0 Å². The molecule has 1 saturated heterocycles. The molecule has 1 unspecified atom stereocenters. The number of carbonyl (C=O) groups excluding carboxylic acids is 1. The molecule has 2 aromatic rings. The number of rotatable bonds is 5. The maximum absolute atomic E-state index is 12.9. The Labute approximate surface area is 154 Å². The summed E-state index contributed by atoms with van der Waals surface area (Å²) in [5.74, 6) is 0.418. The van der Waals surface area contributed by atoms with Crippen LogP contribution in [0.15, 0.2) is 54.6 Å². The molecule has 5 nitrogen and oxygen atoms in total. The molecule has 1 aliphatic heterocycles. The molecule has 0 spiro atoms. The Bertz CT molecular complexity index is 753. The number of piperazine rings is 1. The number of phenolic OH excluding ortho intramolecular Hbond substituents is 1. The molecule has 5 heteroatoms. The van der Waals surface area contributed by atoms with Crippen LogP contribution < -0.4 is 10.2 Å². The normalized spacial score (nSPS) is 19.2. The summed E-state index contributed by atoms with van der Waals surface area (Å²) in [6.45, 7) is 3.15. The number of phenols is 1. The summed E-state index contributed by atoms with van der Waals surface area (Å²) in [5, 5.41) is 13.3. The molecule has 0 aromatic heterocycles. The van der Waals surface area contributed by atoms with E-state index in [1.807, 2.05) is 48.5 Å². The lowest BCUT2D eigenvalue weighted by atomic mass is 10.0. The van der Waals surface area contributed by atoms with Gasteiger partial charge in [0.2, 0.25) is 5.91 Å². The van der Waals surface area contributed by atoms with Crippen molar-refractivity contribution in [3.8, 4) is 5.75 Å². The monoisotopic (exact) mass is 351 g/mol. The smallest absolute Gasteiger partial charge is 0.242 e. The number of amides is 1. The maximum atomic E-state index is 12.9. The average Bonchev–Trinajstić information content (AvgIpc) is 3.48. The number of para-hydroxylation sites is 2. The lowest BCUT2D eigenvalue weighted by Gasteiger charge is -2.40. The summed E-state index contributed by atoms with van der Waals surface area (Å²) in [6.07, 6.45) is 2.18. The van der Waals surface area contributed by atoms with Gasteiger partial charge in [0.1, 0.15) is 11.8 Å². The number of hydrogen-bond acceptors (Lipinski definition) is 4. The first-order valence-corrected chi connectivity index (χ1v) is 9.35. The molecule has 1 saturated carbocycles. The highest BCUT2D eigenvalue weighted by atomic mass is 16.3. The molecule has 1 aliphatic carbocycles. The molecule has 4 rings (SSSR count). The van der Waals surface area contributed by atoms with E-state index >= 15 is 0 Å². The second-order valence-electron chi connectivity index (χ2n) is 7.11. The highest BCUT2D eigenvalue weighted by Gasteiger charge is 2.33. The van der Waals surface area contributed by atoms with Crippen molar-refractivity contribution in [2.45, 2.75) is 24.9 Å². The molecular formula is C21H25N3O2. The van der Waals surface area contributed by atoms with Gasteiger partial charge in [-0.15, -0.1) is 0 Å². The molecule has 2 N–H and O–H groups in total. The van der Waals surface area contributed by atoms with Gasteiger partial charge in [-0.1, -0.05) is 42.5 Å². The first kappa shape index (κ1) is 16.9. The highest BCUT2D eigenvalue weighted by Crippen LogP contribution is 2.30. The van der Waals surface area contributed by atoms with Crippen LogP contribution in [0.5, 0.6) is 5.75 Å². The van der Waals surface area contributed by atoms with Crippen molar-refractivity contribution < 1.29 is 9.90 Å². The van der Waals surface area contributed by atoms with Crippen LogP contribution in [0.25, 0.3) is 0 Å². The fourth-order valence-corrected chi connectivity index (χ4v) is 3.62. The summed E-state index contributed by atoms with van der Waals surface area (Å²) in [4.78, 5) is 17.3. The summed E-state index contributed by atoms with van der Waals surface area (Å²) in [5.41, 5.74) is 1.91. The van der Waals surface area contributed by atoms with E-state index in [1.54, 1.807) is 6.07 Å². The SMILES string of the molecule is O=C(NC1CC1)C(c1ccccc1)N1CCN(c2ccccc2O)CC1. The topological polar surface area (TPSA) is 55.8 Å². The van der Waals surface area contributed by atoms with Crippen molar-refractivity contribution in [2.24, 2.45) is 0 Å². The number of nitrogens with one attached hydrogen (secondary N) is 1. The second-order valence-corrected chi connectivity index (χ2v) is 7.11. The number of nitrogens with zero attached hydrogens (tertiary/aromatic N) is 2. The third-order valence-corrected chi connectivity index (χ3v) is 5.19. The van der Waals surface area contributed by atoms with Gasteiger partial charge in [-0.3, -0.25) is 9.69 Å². The Morgan fingerprint density at radius 1 is 0.962 bits per heavy atom. The molecule has 2 aliphatic rings. The fourth-order valence-electron chi connectivity index (χ4n) is 3.62. The molecule has 0 bridgehead atoms. The van der Waals surface area contributed by atoms with Crippen LogP contribution >= 0.6 is 0 Å². The van der Waals surface area contributed by atoms with Gasteiger partial charge in [0.25, 0.3) is 0 Å². The van der Waals surface area contributed by atoms with Crippen LogP contribution in [-0.4, -0.2) is 48.1 Å². The molecule has 26 heavy (non-hydrogen) atoms. The molecule has 136 valence electrons. The summed E-state index contributed by atoms with van der Waals surface area (Å²) < 4.78 is 0. The standard InChI is InChI=1S/C21H25N3O2/c25-19-9-5-4-8-18(19)23-12-14-24(15-13-23)20(16-6-2-1-3-7-16)21(26)22-17-10-11-17/h1-9,17,20,25H,10-15H2,(H,22,26). The van der Waals surface area contributed by atoms with Crippen molar-refractivity contribution >= 4 is 11.6 Å². The van der Waals surface area contributed by atoms with E-state index in [0.717, 1.165) is 50.3 Å². The zero-order valence-electron chi connectivity index (χ0n) is 14.8. The quantitative estimate of drug-likeness (QED) is 0.869. The van der Waals surface area contributed by atoms with E-state index < -0.39 is 0 Å². The number of hydrogen-bond donors (Lipinski definition) is 2. The Balaban J connectivity index is 1.49.